The highest BCUT2D eigenvalue weighted by Crippen LogP contribution is 2.31. The number of hydrogen-bond donors (Lipinski definition) is 0. The summed E-state index contributed by atoms with van der Waals surface area (Å²) in [7, 11) is -0.756. The fourth-order valence-corrected chi connectivity index (χ4v) is 6.07. The predicted octanol–water partition coefficient (Wildman–Crippen LogP) is 3.94. The average molecular weight is 489 g/mol. The Kier molecular flexibility index (Phi) is 7.46. The molecule has 0 aliphatic carbocycles. The third-order valence-corrected chi connectivity index (χ3v) is 8.29. The zero-order chi connectivity index (χ0) is 23.3. The van der Waals surface area contributed by atoms with Crippen LogP contribution in [0.1, 0.15) is 30.4 Å². The third-order valence-electron chi connectivity index (χ3n) is 5.74. The summed E-state index contributed by atoms with van der Waals surface area (Å²) in [6, 6.07) is 12.4. The maximum absolute atomic E-state index is 13.6. The van der Waals surface area contributed by atoms with E-state index >= 15 is 0 Å². The molecule has 1 saturated heterocycles. The van der Waals surface area contributed by atoms with E-state index in [1.807, 2.05) is 12.1 Å². The second-order valence-electron chi connectivity index (χ2n) is 7.89. The van der Waals surface area contributed by atoms with Crippen molar-refractivity contribution in [2.75, 3.05) is 31.6 Å². The monoisotopic (exact) mass is 488 g/mol. The molecule has 0 unspecified atom stereocenters. The van der Waals surface area contributed by atoms with Crippen LogP contribution in [0.15, 0.2) is 53.7 Å². The first-order chi connectivity index (χ1) is 16.0. The van der Waals surface area contributed by atoms with Gasteiger partial charge in [-0.3, -0.25) is 4.90 Å². The number of aromatic nitrogens is 2. The van der Waals surface area contributed by atoms with Gasteiger partial charge in [0.2, 0.25) is 5.13 Å². The molecular weight excluding hydrogens is 460 g/mol. The SMILES string of the molecule is COc1ccc(CN(c2ncns2)S(=O)(=O)c2ccc(CN3CCCCC3)cc2)c(OC)c1. The highest BCUT2D eigenvalue weighted by Gasteiger charge is 2.28. The minimum atomic E-state index is -3.87. The van der Waals surface area contributed by atoms with E-state index in [2.05, 4.69) is 14.3 Å². The van der Waals surface area contributed by atoms with E-state index in [0.29, 0.717) is 22.2 Å². The summed E-state index contributed by atoms with van der Waals surface area (Å²) >= 11 is 1.03. The highest BCUT2D eigenvalue weighted by atomic mass is 32.2. The molecule has 0 saturated carbocycles. The second-order valence-corrected chi connectivity index (χ2v) is 10.5. The summed E-state index contributed by atoms with van der Waals surface area (Å²) < 4.78 is 43.3. The molecule has 1 aliphatic rings. The van der Waals surface area contributed by atoms with Crippen LogP contribution in [0.25, 0.3) is 0 Å². The number of likely N-dealkylation sites (tertiary alicyclic amines) is 1. The number of nitrogens with zero attached hydrogens (tertiary/aromatic N) is 4. The van der Waals surface area contributed by atoms with E-state index in [1.54, 1.807) is 44.6 Å². The lowest BCUT2D eigenvalue weighted by Crippen LogP contribution is -2.31. The Morgan fingerprint density at radius 1 is 1.03 bits per heavy atom. The molecule has 0 amide bonds. The van der Waals surface area contributed by atoms with Crippen LogP contribution >= 0.6 is 11.5 Å². The van der Waals surface area contributed by atoms with Crippen LogP contribution in [-0.2, 0) is 23.1 Å². The minimum Gasteiger partial charge on any atom is -0.497 e. The van der Waals surface area contributed by atoms with Crippen molar-refractivity contribution in [3.05, 3.63) is 59.9 Å². The normalized spacial score (nSPS) is 14.7. The Morgan fingerprint density at radius 2 is 1.79 bits per heavy atom. The molecule has 176 valence electrons. The molecule has 1 aromatic heterocycles. The molecule has 1 aliphatic heterocycles. The predicted molar refractivity (Wildman–Crippen MR) is 128 cm³/mol. The van der Waals surface area contributed by atoms with Crippen molar-refractivity contribution in [1.82, 2.24) is 14.3 Å². The van der Waals surface area contributed by atoms with E-state index in [-0.39, 0.29) is 11.4 Å². The molecule has 10 heteroatoms. The molecule has 1 fully saturated rings. The van der Waals surface area contributed by atoms with Crippen molar-refractivity contribution in [3.63, 3.8) is 0 Å². The summed E-state index contributed by atoms with van der Waals surface area (Å²) in [6.45, 7) is 3.08. The molecule has 2 heterocycles. The highest BCUT2D eigenvalue weighted by molar-refractivity contribution is 7.93. The topological polar surface area (TPSA) is 84.9 Å². The van der Waals surface area contributed by atoms with Crippen LogP contribution in [-0.4, -0.2) is 50.0 Å². The molecule has 0 spiro atoms. The number of hydrogen-bond acceptors (Lipinski definition) is 8. The van der Waals surface area contributed by atoms with E-state index in [0.717, 1.165) is 36.7 Å². The van der Waals surface area contributed by atoms with Gasteiger partial charge < -0.3 is 9.47 Å². The van der Waals surface area contributed by atoms with Gasteiger partial charge in [-0.2, -0.15) is 4.37 Å². The first-order valence-corrected chi connectivity index (χ1v) is 13.0. The Bertz CT molecular complexity index is 1150. The van der Waals surface area contributed by atoms with E-state index in [9.17, 15) is 8.42 Å². The number of rotatable bonds is 9. The Morgan fingerprint density at radius 3 is 2.42 bits per heavy atom. The lowest BCUT2D eigenvalue weighted by molar-refractivity contribution is 0.221. The fraction of sp³-hybridized carbons (Fsp3) is 0.391. The molecular formula is C23H28N4O4S2. The molecule has 8 nitrogen and oxygen atoms in total. The van der Waals surface area contributed by atoms with Crippen molar-refractivity contribution in [2.24, 2.45) is 0 Å². The smallest absolute Gasteiger partial charge is 0.266 e. The lowest BCUT2D eigenvalue weighted by Gasteiger charge is -2.26. The summed E-state index contributed by atoms with van der Waals surface area (Å²) in [5, 5.41) is 0.297. The third kappa shape index (κ3) is 5.45. The number of methoxy groups -OCH3 is 2. The van der Waals surface area contributed by atoms with Crippen LogP contribution < -0.4 is 13.8 Å². The summed E-state index contributed by atoms with van der Waals surface area (Å²) in [5.41, 5.74) is 1.80. The van der Waals surface area contributed by atoms with Gasteiger partial charge >= 0.3 is 0 Å². The maximum atomic E-state index is 13.6. The van der Waals surface area contributed by atoms with E-state index < -0.39 is 10.0 Å². The molecule has 3 aromatic rings. The Hall–Kier alpha value is -2.69. The van der Waals surface area contributed by atoms with Gasteiger partial charge in [0.15, 0.2) is 0 Å². The van der Waals surface area contributed by atoms with Crippen LogP contribution in [0, 0.1) is 0 Å². The standard InChI is InChI=1S/C23H28N4O4S2/c1-30-20-9-8-19(22(14-20)31-2)16-27(23-24-17-25-32-23)33(28,29)21-10-6-18(7-11-21)15-26-12-4-3-5-13-26/h6-11,14,17H,3-5,12-13,15-16H2,1-2H3. The van der Waals surface area contributed by atoms with Gasteiger partial charge in [0.05, 0.1) is 25.7 Å². The first kappa shape index (κ1) is 23.5. The summed E-state index contributed by atoms with van der Waals surface area (Å²) in [5.74, 6) is 1.17. The molecule has 4 rings (SSSR count). The number of benzene rings is 2. The Labute approximate surface area is 199 Å². The van der Waals surface area contributed by atoms with Crippen LogP contribution in [0.4, 0.5) is 5.13 Å². The van der Waals surface area contributed by atoms with Gasteiger partial charge in [-0.05, 0) is 55.8 Å². The molecule has 33 heavy (non-hydrogen) atoms. The average Bonchev–Trinajstić information content (AvgIpc) is 3.38. The summed E-state index contributed by atoms with van der Waals surface area (Å²) in [6.07, 6.45) is 5.08. The van der Waals surface area contributed by atoms with Crippen molar-refractivity contribution in [3.8, 4) is 11.5 Å². The first-order valence-electron chi connectivity index (χ1n) is 10.8. The fourth-order valence-electron chi connectivity index (χ4n) is 3.94. The van der Waals surface area contributed by atoms with E-state index in [4.69, 9.17) is 9.47 Å². The maximum Gasteiger partial charge on any atom is 0.266 e. The molecule has 0 radical (unpaired) electrons. The van der Waals surface area contributed by atoms with Gasteiger partial charge in [-0.25, -0.2) is 17.7 Å². The van der Waals surface area contributed by atoms with Crippen molar-refractivity contribution in [1.29, 1.82) is 0 Å². The van der Waals surface area contributed by atoms with Crippen molar-refractivity contribution in [2.45, 2.75) is 37.2 Å². The van der Waals surface area contributed by atoms with Gasteiger partial charge in [-0.15, -0.1) is 0 Å². The van der Waals surface area contributed by atoms with Gasteiger partial charge in [0.25, 0.3) is 10.0 Å². The quantitative estimate of drug-likeness (QED) is 0.451. The molecule has 2 aromatic carbocycles. The van der Waals surface area contributed by atoms with Crippen molar-refractivity contribution >= 4 is 26.7 Å². The molecule has 0 atom stereocenters. The number of anilines is 1. The van der Waals surface area contributed by atoms with Crippen LogP contribution in [0.5, 0.6) is 11.5 Å². The number of piperidine rings is 1. The minimum absolute atomic E-state index is 0.0558. The van der Waals surface area contributed by atoms with Crippen LogP contribution in [0.3, 0.4) is 0 Å². The molecule has 0 bridgehead atoms. The van der Waals surface area contributed by atoms with E-state index in [1.165, 1.54) is 29.9 Å². The zero-order valence-electron chi connectivity index (χ0n) is 18.8. The number of ether oxygens (including phenoxy) is 2. The van der Waals surface area contributed by atoms with Crippen molar-refractivity contribution < 1.29 is 17.9 Å². The van der Waals surface area contributed by atoms with Gasteiger partial charge in [-0.1, -0.05) is 18.6 Å². The lowest BCUT2D eigenvalue weighted by atomic mass is 10.1. The van der Waals surface area contributed by atoms with Gasteiger partial charge in [0.1, 0.15) is 17.8 Å². The zero-order valence-corrected chi connectivity index (χ0v) is 20.4. The molecule has 0 N–H and O–H groups in total. The Balaban J connectivity index is 1.60. The van der Waals surface area contributed by atoms with Gasteiger partial charge in [0, 0.05) is 29.7 Å². The largest absolute Gasteiger partial charge is 0.497 e. The summed E-state index contributed by atoms with van der Waals surface area (Å²) in [4.78, 5) is 6.80. The van der Waals surface area contributed by atoms with Crippen LogP contribution in [0.2, 0.25) is 0 Å². The second kappa shape index (κ2) is 10.5. The number of sulfonamides is 1.